The van der Waals surface area contributed by atoms with Crippen LogP contribution in [0.15, 0.2) is 12.4 Å². The molecule has 17 heavy (non-hydrogen) atoms. The molecule has 1 saturated heterocycles. The van der Waals surface area contributed by atoms with Gasteiger partial charge in [0, 0.05) is 38.1 Å². The highest BCUT2D eigenvalue weighted by Crippen LogP contribution is 2.15. The Morgan fingerprint density at radius 2 is 2.35 bits per heavy atom. The summed E-state index contributed by atoms with van der Waals surface area (Å²) in [7, 11) is 0. The SMILES string of the molecule is CCN(CC1CCCCN1)c1nccn1CC. The van der Waals surface area contributed by atoms with Gasteiger partial charge in [-0.05, 0) is 33.2 Å². The van der Waals surface area contributed by atoms with Gasteiger partial charge in [-0.3, -0.25) is 0 Å². The molecule has 4 nitrogen and oxygen atoms in total. The maximum Gasteiger partial charge on any atom is 0.205 e. The molecule has 1 aliphatic rings. The summed E-state index contributed by atoms with van der Waals surface area (Å²) in [6, 6.07) is 0.630. The summed E-state index contributed by atoms with van der Waals surface area (Å²) in [6.07, 6.45) is 7.94. The summed E-state index contributed by atoms with van der Waals surface area (Å²) in [6.45, 7) is 8.63. The standard InChI is InChI=1S/C13H24N4/c1-3-16-10-9-15-13(16)17(4-2)11-12-7-5-6-8-14-12/h9-10,12,14H,3-8,11H2,1-2H3. The Balaban J connectivity index is 2.00. The minimum atomic E-state index is 0.630. The zero-order chi connectivity index (χ0) is 12.1. The molecule has 2 heterocycles. The predicted molar refractivity (Wildman–Crippen MR) is 71.4 cm³/mol. The van der Waals surface area contributed by atoms with E-state index in [2.05, 4.69) is 39.8 Å². The third kappa shape index (κ3) is 3.00. The summed E-state index contributed by atoms with van der Waals surface area (Å²) >= 11 is 0. The summed E-state index contributed by atoms with van der Waals surface area (Å²) in [5.74, 6) is 1.11. The molecule has 1 aromatic heterocycles. The molecule has 2 rings (SSSR count). The summed E-state index contributed by atoms with van der Waals surface area (Å²) in [5.41, 5.74) is 0. The van der Waals surface area contributed by atoms with Crippen LogP contribution in [0.5, 0.6) is 0 Å². The Bertz CT molecular complexity index is 328. The second-order valence-electron chi connectivity index (χ2n) is 4.70. The molecule has 1 unspecified atom stereocenters. The first kappa shape index (κ1) is 12.4. The van der Waals surface area contributed by atoms with Gasteiger partial charge in [0.25, 0.3) is 0 Å². The Morgan fingerprint density at radius 1 is 1.47 bits per heavy atom. The fraction of sp³-hybridized carbons (Fsp3) is 0.769. The molecule has 4 heteroatoms. The Hall–Kier alpha value is -1.03. The molecule has 0 spiro atoms. The number of nitrogens with one attached hydrogen (secondary N) is 1. The van der Waals surface area contributed by atoms with Crippen LogP contribution >= 0.6 is 0 Å². The first-order chi connectivity index (χ1) is 8.35. The lowest BCUT2D eigenvalue weighted by molar-refractivity contribution is 0.398. The van der Waals surface area contributed by atoms with Gasteiger partial charge in [-0.15, -0.1) is 0 Å². The molecule has 0 saturated carbocycles. The number of nitrogens with zero attached hydrogens (tertiary/aromatic N) is 3. The van der Waals surface area contributed by atoms with Crippen LogP contribution in [0, 0.1) is 0 Å². The van der Waals surface area contributed by atoms with E-state index in [1.165, 1.54) is 25.8 Å². The van der Waals surface area contributed by atoms with Crippen molar-refractivity contribution in [2.45, 2.75) is 45.7 Å². The molecule has 1 atom stereocenters. The van der Waals surface area contributed by atoms with E-state index in [1.807, 2.05) is 6.20 Å². The van der Waals surface area contributed by atoms with Crippen molar-refractivity contribution >= 4 is 5.95 Å². The van der Waals surface area contributed by atoms with Crippen LogP contribution < -0.4 is 10.2 Å². The average molecular weight is 236 g/mol. The van der Waals surface area contributed by atoms with Crippen LogP contribution in [0.1, 0.15) is 33.1 Å². The first-order valence-corrected chi connectivity index (χ1v) is 6.84. The van der Waals surface area contributed by atoms with E-state index in [4.69, 9.17) is 0 Å². The topological polar surface area (TPSA) is 33.1 Å². The number of piperidine rings is 1. The molecule has 0 amide bonds. The van der Waals surface area contributed by atoms with Crippen molar-refractivity contribution < 1.29 is 0 Å². The van der Waals surface area contributed by atoms with Gasteiger partial charge < -0.3 is 14.8 Å². The number of imidazole rings is 1. The van der Waals surface area contributed by atoms with Gasteiger partial charge in [-0.1, -0.05) is 6.42 Å². The van der Waals surface area contributed by atoms with E-state index >= 15 is 0 Å². The molecule has 96 valence electrons. The monoisotopic (exact) mass is 236 g/mol. The second-order valence-corrected chi connectivity index (χ2v) is 4.70. The Kier molecular flexibility index (Phi) is 4.42. The molecule has 1 N–H and O–H groups in total. The normalized spacial score (nSPS) is 20.5. The van der Waals surface area contributed by atoms with Crippen LogP contribution in [0.3, 0.4) is 0 Å². The van der Waals surface area contributed by atoms with Crippen LogP contribution in [0.4, 0.5) is 5.95 Å². The van der Waals surface area contributed by atoms with Crippen molar-refractivity contribution in [1.82, 2.24) is 14.9 Å². The second kappa shape index (κ2) is 6.05. The van der Waals surface area contributed by atoms with Crippen molar-refractivity contribution in [3.63, 3.8) is 0 Å². The Labute approximate surface area is 104 Å². The highest BCUT2D eigenvalue weighted by molar-refractivity contribution is 5.31. The molecule has 0 aliphatic carbocycles. The van der Waals surface area contributed by atoms with Crippen molar-refractivity contribution in [3.8, 4) is 0 Å². The van der Waals surface area contributed by atoms with Gasteiger partial charge in [-0.25, -0.2) is 4.98 Å². The molecule has 1 aromatic rings. The number of hydrogen-bond acceptors (Lipinski definition) is 3. The zero-order valence-electron chi connectivity index (χ0n) is 11.0. The quantitative estimate of drug-likeness (QED) is 0.847. The Morgan fingerprint density at radius 3 is 3.00 bits per heavy atom. The molecule has 1 fully saturated rings. The van der Waals surface area contributed by atoms with Crippen LogP contribution in [0.2, 0.25) is 0 Å². The number of anilines is 1. The van der Waals surface area contributed by atoms with Gasteiger partial charge in [-0.2, -0.15) is 0 Å². The van der Waals surface area contributed by atoms with Crippen LogP contribution in [-0.4, -0.2) is 35.2 Å². The van der Waals surface area contributed by atoms with E-state index in [1.54, 1.807) is 0 Å². The minimum Gasteiger partial charge on any atom is -0.341 e. The zero-order valence-corrected chi connectivity index (χ0v) is 11.0. The van der Waals surface area contributed by atoms with E-state index in [-0.39, 0.29) is 0 Å². The summed E-state index contributed by atoms with van der Waals surface area (Å²) in [5, 5.41) is 3.60. The third-order valence-electron chi connectivity index (χ3n) is 3.55. The minimum absolute atomic E-state index is 0.630. The summed E-state index contributed by atoms with van der Waals surface area (Å²) < 4.78 is 2.21. The van der Waals surface area contributed by atoms with E-state index < -0.39 is 0 Å². The molecule has 0 aromatic carbocycles. The largest absolute Gasteiger partial charge is 0.341 e. The number of aryl methyl sites for hydroxylation is 1. The predicted octanol–water partition coefficient (Wildman–Crippen LogP) is 1.87. The maximum atomic E-state index is 4.48. The van der Waals surface area contributed by atoms with Gasteiger partial charge in [0.1, 0.15) is 0 Å². The smallest absolute Gasteiger partial charge is 0.205 e. The van der Waals surface area contributed by atoms with E-state index in [0.29, 0.717) is 6.04 Å². The fourth-order valence-electron chi connectivity index (χ4n) is 2.53. The maximum absolute atomic E-state index is 4.48. The van der Waals surface area contributed by atoms with Gasteiger partial charge in [0.05, 0.1) is 0 Å². The molecule has 0 radical (unpaired) electrons. The van der Waals surface area contributed by atoms with Crippen molar-refractivity contribution in [3.05, 3.63) is 12.4 Å². The molecular formula is C13H24N4. The van der Waals surface area contributed by atoms with Gasteiger partial charge >= 0.3 is 0 Å². The molecule has 0 bridgehead atoms. The van der Waals surface area contributed by atoms with E-state index in [9.17, 15) is 0 Å². The molecular weight excluding hydrogens is 212 g/mol. The van der Waals surface area contributed by atoms with Crippen molar-refractivity contribution in [2.75, 3.05) is 24.5 Å². The van der Waals surface area contributed by atoms with Gasteiger partial charge in [0.2, 0.25) is 5.95 Å². The van der Waals surface area contributed by atoms with Gasteiger partial charge in [0.15, 0.2) is 0 Å². The average Bonchev–Trinajstić information content (AvgIpc) is 2.85. The van der Waals surface area contributed by atoms with Crippen molar-refractivity contribution in [2.24, 2.45) is 0 Å². The van der Waals surface area contributed by atoms with Crippen LogP contribution in [0.25, 0.3) is 0 Å². The lowest BCUT2D eigenvalue weighted by atomic mass is 10.0. The number of hydrogen-bond donors (Lipinski definition) is 1. The third-order valence-corrected chi connectivity index (χ3v) is 3.55. The highest BCUT2D eigenvalue weighted by Gasteiger charge is 2.18. The highest BCUT2D eigenvalue weighted by atomic mass is 15.3. The fourth-order valence-corrected chi connectivity index (χ4v) is 2.53. The van der Waals surface area contributed by atoms with Crippen molar-refractivity contribution in [1.29, 1.82) is 0 Å². The number of aromatic nitrogens is 2. The van der Waals surface area contributed by atoms with Crippen LogP contribution in [-0.2, 0) is 6.54 Å². The lowest BCUT2D eigenvalue weighted by Crippen LogP contribution is -2.44. The summed E-state index contributed by atoms with van der Waals surface area (Å²) in [4.78, 5) is 6.87. The van der Waals surface area contributed by atoms with E-state index in [0.717, 1.165) is 25.6 Å². The number of rotatable bonds is 5. The lowest BCUT2D eigenvalue weighted by Gasteiger charge is -2.30. The first-order valence-electron chi connectivity index (χ1n) is 6.84. The number of likely N-dealkylation sites (N-methyl/N-ethyl adjacent to an activating group) is 1. The molecule has 1 aliphatic heterocycles.